The average molecular weight is 221 g/mol. The van der Waals surface area contributed by atoms with Gasteiger partial charge in [0.05, 0.1) is 7.11 Å². The predicted octanol–water partition coefficient (Wildman–Crippen LogP) is 1.70. The summed E-state index contributed by atoms with van der Waals surface area (Å²) in [7, 11) is 1.28. The summed E-state index contributed by atoms with van der Waals surface area (Å²) in [5.74, 6) is -2.86. The van der Waals surface area contributed by atoms with Crippen molar-refractivity contribution in [3.8, 4) is 0 Å². The topological polar surface area (TPSA) is 52.3 Å². The molecule has 0 spiro atoms. The van der Waals surface area contributed by atoms with E-state index in [-0.39, 0.29) is 18.8 Å². The van der Waals surface area contributed by atoms with Crippen LogP contribution in [0.25, 0.3) is 0 Å². The molecule has 0 aromatic heterocycles. The van der Waals surface area contributed by atoms with E-state index in [9.17, 15) is 13.6 Å². The molecule has 1 rings (SSSR count). The molecule has 0 amide bonds. The second kappa shape index (κ2) is 4.88. The molecule has 3 nitrogen and oxygen atoms in total. The van der Waals surface area contributed by atoms with Gasteiger partial charge in [0, 0.05) is 12.8 Å². The van der Waals surface area contributed by atoms with Crippen LogP contribution in [0.15, 0.2) is 0 Å². The number of esters is 1. The van der Waals surface area contributed by atoms with Crippen molar-refractivity contribution in [2.75, 3.05) is 7.11 Å². The lowest BCUT2D eigenvalue weighted by Gasteiger charge is -2.29. The minimum atomic E-state index is -2.52. The number of rotatable bonds is 3. The molecule has 1 saturated carbocycles. The van der Waals surface area contributed by atoms with Crippen molar-refractivity contribution in [3.63, 3.8) is 0 Å². The maximum atomic E-state index is 12.8. The number of alkyl halides is 2. The number of hydrogen-bond acceptors (Lipinski definition) is 3. The first kappa shape index (κ1) is 12.4. The summed E-state index contributed by atoms with van der Waals surface area (Å²) in [6, 6.07) is -0.674. The zero-order chi connectivity index (χ0) is 11.5. The molecule has 0 heterocycles. The van der Waals surface area contributed by atoms with Crippen molar-refractivity contribution >= 4 is 5.97 Å². The van der Waals surface area contributed by atoms with E-state index in [0.717, 1.165) is 0 Å². The Kier molecular flexibility index (Phi) is 4.02. The molecule has 1 aliphatic rings. The fourth-order valence-corrected chi connectivity index (χ4v) is 1.94. The maximum Gasteiger partial charge on any atom is 0.322 e. The summed E-state index contributed by atoms with van der Waals surface area (Å²) in [6.07, 6.45) is 1.15. The van der Waals surface area contributed by atoms with Crippen LogP contribution in [0.4, 0.5) is 8.78 Å². The molecule has 88 valence electrons. The van der Waals surface area contributed by atoms with Gasteiger partial charge < -0.3 is 10.5 Å². The standard InChI is InChI=1S/C10H17F2NO2/c1-15-9(14)8(13)6-7-2-4-10(11,12)5-3-7/h7-8H,2-6,13H2,1H3/t8-/m0/s1. The van der Waals surface area contributed by atoms with E-state index < -0.39 is 17.9 Å². The molecule has 0 radical (unpaired) electrons. The van der Waals surface area contributed by atoms with Gasteiger partial charge in [-0.3, -0.25) is 4.79 Å². The molecular formula is C10H17F2NO2. The Labute approximate surface area is 88.0 Å². The van der Waals surface area contributed by atoms with Crippen LogP contribution in [0.5, 0.6) is 0 Å². The molecule has 2 N–H and O–H groups in total. The Morgan fingerprint density at radius 2 is 2.07 bits per heavy atom. The lowest BCUT2D eigenvalue weighted by molar-refractivity contribution is -0.142. The van der Waals surface area contributed by atoms with Crippen LogP contribution >= 0.6 is 0 Å². The molecule has 0 saturated heterocycles. The summed E-state index contributed by atoms with van der Waals surface area (Å²) in [5, 5.41) is 0. The van der Waals surface area contributed by atoms with Crippen molar-refractivity contribution in [1.29, 1.82) is 0 Å². The van der Waals surface area contributed by atoms with Gasteiger partial charge in [0.15, 0.2) is 0 Å². The lowest BCUT2D eigenvalue weighted by atomic mass is 9.83. The number of carbonyl (C=O) groups excluding carboxylic acids is 1. The van der Waals surface area contributed by atoms with E-state index in [0.29, 0.717) is 19.3 Å². The molecule has 1 fully saturated rings. The van der Waals surface area contributed by atoms with Crippen molar-refractivity contribution in [1.82, 2.24) is 0 Å². The molecule has 0 aromatic carbocycles. The summed E-state index contributed by atoms with van der Waals surface area (Å²) in [4.78, 5) is 11.0. The number of ether oxygens (including phenoxy) is 1. The zero-order valence-corrected chi connectivity index (χ0v) is 8.84. The van der Waals surface area contributed by atoms with Gasteiger partial charge in [-0.25, -0.2) is 8.78 Å². The molecular weight excluding hydrogens is 204 g/mol. The van der Waals surface area contributed by atoms with E-state index in [4.69, 9.17) is 5.73 Å². The number of nitrogens with two attached hydrogens (primary N) is 1. The zero-order valence-electron chi connectivity index (χ0n) is 8.84. The van der Waals surface area contributed by atoms with Crippen LogP contribution in [0.2, 0.25) is 0 Å². The highest BCUT2D eigenvalue weighted by Crippen LogP contribution is 2.37. The van der Waals surface area contributed by atoms with E-state index in [1.54, 1.807) is 0 Å². The van der Waals surface area contributed by atoms with Gasteiger partial charge in [-0.15, -0.1) is 0 Å². The minimum absolute atomic E-state index is 0.0917. The highest BCUT2D eigenvalue weighted by molar-refractivity contribution is 5.75. The molecule has 1 aliphatic carbocycles. The second-order valence-electron chi connectivity index (χ2n) is 4.16. The Morgan fingerprint density at radius 3 is 2.53 bits per heavy atom. The average Bonchev–Trinajstić information content (AvgIpc) is 2.20. The fourth-order valence-electron chi connectivity index (χ4n) is 1.94. The minimum Gasteiger partial charge on any atom is -0.468 e. The van der Waals surface area contributed by atoms with Crippen molar-refractivity contribution in [3.05, 3.63) is 0 Å². The van der Waals surface area contributed by atoms with Gasteiger partial charge in [-0.2, -0.15) is 0 Å². The predicted molar refractivity (Wildman–Crippen MR) is 51.5 cm³/mol. The highest BCUT2D eigenvalue weighted by Gasteiger charge is 2.35. The first-order chi connectivity index (χ1) is 6.94. The molecule has 0 aliphatic heterocycles. The van der Waals surface area contributed by atoms with E-state index in [1.807, 2.05) is 0 Å². The van der Waals surface area contributed by atoms with E-state index in [1.165, 1.54) is 7.11 Å². The first-order valence-electron chi connectivity index (χ1n) is 5.16. The van der Waals surface area contributed by atoms with Crippen LogP contribution < -0.4 is 5.73 Å². The van der Waals surface area contributed by atoms with Crippen molar-refractivity contribution < 1.29 is 18.3 Å². The SMILES string of the molecule is COC(=O)[C@@H](N)CC1CCC(F)(F)CC1. The third-order valence-electron chi connectivity index (χ3n) is 2.93. The van der Waals surface area contributed by atoms with Crippen LogP contribution in [0, 0.1) is 5.92 Å². The molecule has 1 atom stereocenters. The maximum absolute atomic E-state index is 12.8. The number of halogens is 2. The second-order valence-corrected chi connectivity index (χ2v) is 4.16. The van der Waals surface area contributed by atoms with Crippen LogP contribution in [0.3, 0.4) is 0 Å². The van der Waals surface area contributed by atoms with Gasteiger partial charge >= 0.3 is 5.97 Å². The number of hydrogen-bond donors (Lipinski definition) is 1. The smallest absolute Gasteiger partial charge is 0.322 e. The monoisotopic (exact) mass is 221 g/mol. The number of methoxy groups -OCH3 is 1. The Morgan fingerprint density at radius 1 is 1.53 bits per heavy atom. The Hall–Kier alpha value is -0.710. The molecule has 5 heteroatoms. The largest absolute Gasteiger partial charge is 0.468 e. The molecule has 15 heavy (non-hydrogen) atoms. The van der Waals surface area contributed by atoms with Crippen LogP contribution in [-0.2, 0) is 9.53 Å². The van der Waals surface area contributed by atoms with Crippen molar-refractivity contribution in [2.45, 2.75) is 44.1 Å². The summed E-state index contributed by atoms with van der Waals surface area (Å²) >= 11 is 0. The highest BCUT2D eigenvalue weighted by atomic mass is 19.3. The van der Waals surface area contributed by atoms with Crippen molar-refractivity contribution in [2.24, 2.45) is 11.7 Å². The molecule has 0 aromatic rings. The quantitative estimate of drug-likeness (QED) is 0.738. The first-order valence-corrected chi connectivity index (χ1v) is 5.16. The summed E-state index contributed by atoms with van der Waals surface area (Å²) in [6.45, 7) is 0. The Balaban J connectivity index is 2.32. The molecule has 0 unspecified atom stereocenters. The van der Waals surface area contributed by atoms with Gasteiger partial charge in [-0.1, -0.05) is 0 Å². The third-order valence-corrected chi connectivity index (χ3v) is 2.93. The fraction of sp³-hybridized carbons (Fsp3) is 0.900. The third kappa shape index (κ3) is 3.74. The van der Waals surface area contributed by atoms with E-state index in [2.05, 4.69) is 4.74 Å². The normalized spacial score (nSPS) is 23.5. The van der Waals surface area contributed by atoms with Gasteiger partial charge in [0.2, 0.25) is 5.92 Å². The van der Waals surface area contributed by atoms with Crippen LogP contribution in [0.1, 0.15) is 32.1 Å². The van der Waals surface area contributed by atoms with Gasteiger partial charge in [-0.05, 0) is 25.2 Å². The Bertz CT molecular complexity index is 223. The van der Waals surface area contributed by atoms with E-state index >= 15 is 0 Å². The lowest BCUT2D eigenvalue weighted by Crippen LogP contribution is -2.35. The van der Waals surface area contributed by atoms with Gasteiger partial charge in [0.1, 0.15) is 6.04 Å². The molecule has 0 bridgehead atoms. The van der Waals surface area contributed by atoms with Crippen LogP contribution in [-0.4, -0.2) is 25.0 Å². The number of carbonyl (C=O) groups is 1. The van der Waals surface area contributed by atoms with Gasteiger partial charge in [0.25, 0.3) is 0 Å². The summed E-state index contributed by atoms with van der Waals surface area (Å²) in [5.41, 5.74) is 5.56. The summed E-state index contributed by atoms with van der Waals surface area (Å²) < 4.78 is 30.1.